The highest BCUT2D eigenvalue weighted by Gasteiger charge is 2.13. The number of H-pyrrole nitrogens is 1. The molecule has 0 unspecified atom stereocenters. The topological polar surface area (TPSA) is 98.6 Å². The predicted octanol–water partition coefficient (Wildman–Crippen LogP) is 4.24. The highest BCUT2D eigenvalue weighted by atomic mass is 32.2. The van der Waals surface area contributed by atoms with Crippen molar-refractivity contribution in [3.8, 4) is 21.9 Å². The molecule has 32 heavy (non-hydrogen) atoms. The minimum Gasteiger partial charge on any atom is -0.497 e. The number of methoxy groups -OCH3 is 1. The summed E-state index contributed by atoms with van der Waals surface area (Å²) in [5, 5.41) is 12.6. The number of nitrogens with one attached hydrogen (secondary N) is 1. The van der Waals surface area contributed by atoms with E-state index < -0.39 is 0 Å². The van der Waals surface area contributed by atoms with Crippen molar-refractivity contribution in [2.75, 3.05) is 7.11 Å². The second-order valence-corrected chi connectivity index (χ2v) is 9.06. The molecule has 0 saturated carbocycles. The van der Waals surface area contributed by atoms with Gasteiger partial charge in [0.2, 0.25) is 5.16 Å². The Kier molecular flexibility index (Phi) is 5.46. The third-order valence-electron chi connectivity index (χ3n) is 4.83. The number of benzene rings is 2. The van der Waals surface area contributed by atoms with Gasteiger partial charge in [-0.3, -0.25) is 4.79 Å². The van der Waals surface area contributed by atoms with E-state index in [1.54, 1.807) is 11.8 Å². The average molecular weight is 463 g/mol. The van der Waals surface area contributed by atoms with E-state index >= 15 is 0 Å². The van der Waals surface area contributed by atoms with Crippen molar-refractivity contribution in [1.29, 1.82) is 0 Å². The van der Waals surface area contributed by atoms with Gasteiger partial charge >= 0.3 is 0 Å². The molecule has 0 fully saturated rings. The van der Waals surface area contributed by atoms with E-state index in [0.29, 0.717) is 27.0 Å². The molecule has 0 saturated heterocycles. The van der Waals surface area contributed by atoms with Crippen LogP contribution in [0.3, 0.4) is 0 Å². The van der Waals surface area contributed by atoms with Crippen LogP contribution < -0.4 is 10.3 Å². The Hall–Kier alpha value is -3.50. The zero-order valence-corrected chi connectivity index (χ0v) is 18.9. The van der Waals surface area contributed by atoms with Crippen LogP contribution in [0.1, 0.15) is 11.4 Å². The van der Waals surface area contributed by atoms with E-state index in [0.717, 1.165) is 27.4 Å². The fourth-order valence-corrected chi connectivity index (χ4v) is 5.04. The minimum atomic E-state index is -0.145. The van der Waals surface area contributed by atoms with Gasteiger partial charge in [-0.1, -0.05) is 23.9 Å². The summed E-state index contributed by atoms with van der Waals surface area (Å²) in [6.07, 6.45) is 0. The van der Waals surface area contributed by atoms with Crippen LogP contribution in [-0.2, 0) is 5.75 Å². The summed E-state index contributed by atoms with van der Waals surface area (Å²) in [5.41, 5.74) is 3.56. The molecule has 3 aromatic heterocycles. The van der Waals surface area contributed by atoms with Gasteiger partial charge in [-0.2, -0.15) is 4.68 Å². The summed E-state index contributed by atoms with van der Waals surface area (Å²) in [6, 6.07) is 17.6. The smallest absolute Gasteiger partial charge is 0.268 e. The molecule has 0 spiro atoms. The Labute approximate surface area is 191 Å². The van der Waals surface area contributed by atoms with Crippen molar-refractivity contribution in [2.24, 2.45) is 0 Å². The molecule has 0 amide bonds. The van der Waals surface area contributed by atoms with Crippen LogP contribution in [-0.4, -0.2) is 37.3 Å². The number of rotatable bonds is 6. The third kappa shape index (κ3) is 4.02. The van der Waals surface area contributed by atoms with Gasteiger partial charge in [0.1, 0.15) is 16.3 Å². The maximum atomic E-state index is 12.7. The van der Waals surface area contributed by atoms with Crippen molar-refractivity contribution >= 4 is 33.3 Å². The molecule has 160 valence electrons. The molecule has 5 rings (SSSR count). The van der Waals surface area contributed by atoms with Gasteiger partial charge in [0.15, 0.2) is 0 Å². The number of tetrazole rings is 1. The molecule has 0 aliphatic rings. The van der Waals surface area contributed by atoms with E-state index in [2.05, 4.69) is 25.5 Å². The Morgan fingerprint density at radius 1 is 1.16 bits per heavy atom. The fourth-order valence-electron chi connectivity index (χ4n) is 3.28. The summed E-state index contributed by atoms with van der Waals surface area (Å²) in [4.78, 5) is 21.2. The number of aryl methyl sites for hydroxylation is 1. The zero-order chi connectivity index (χ0) is 22.1. The van der Waals surface area contributed by atoms with E-state index in [-0.39, 0.29) is 5.56 Å². The number of aromatic amines is 1. The molecule has 0 radical (unpaired) electrons. The van der Waals surface area contributed by atoms with E-state index in [1.807, 2.05) is 61.5 Å². The molecule has 3 heterocycles. The van der Waals surface area contributed by atoms with Gasteiger partial charge in [0.05, 0.1) is 24.1 Å². The molecular weight excluding hydrogens is 444 g/mol. The van der Waals surface area contributed by atoms with Gasteiger partial charge in [0.25, 0.3) is 5.56 Å². The Bertz CT molecular complexity index is 1460. The summed E-state index contributed by atoms with van der Waals surface area (Å²) in [5.74, 6) is 1.80. The second kappa shape index (κ2) is 8.56. The Morgan fingerprint density at radius 2 is 2.00 bits per heavy atom. The van der Waals surface area contributed by atoms with Gasteiger partial charge < -0.3 is 9.72 Å². The average Bonchev–Trinajstić information content (AvgIpc) is 3.45. The molecule has 8 nitrogen and oxygen atoms in total. The summed E-state index contributed by atoms with van der Waals surface area (Å²) in [6.45, 7) is 2.02. The summed E-state index contributed by atoms with van der Waals surface area (Å²) >= 11 is 2.84. The first kappa shape index (κ1) is 20.4. The van der Waals surface area contributed by atoms with Crippen molar-refractivity contribution in [1.82, 2.24) is 30.2 Å². The van der Waals surface area contributed by atoms with Gasteiger partial charge in [-0.25, -0.2) is 4.98 Å². The normalized spacial score (nSPS) is 11.2. The first-order valence-corrected chi connectivity index (χ1v) is 11.6. The maximum Gasteiger partial charge on any atom is 0.268 e. The molecule has 10 heteroatoms. The van der Waals surface area contributed by atoms with Crippen molar-refractivity contribution in [2.45, 2.75) is 17.8 Å². The number of aromatic nitrogens is 6. The monoisotopic (exact) mass is 462 g/mol. The molecule has 0 aliphatic carbocycles. The highest BCUT2D eigenvalue weighted by Crippen LogP contribution is 2.32. The lowest BCUT2D eigenvalue weighted by atomic mass is 10.2. The molecule has 5 aromatic rings. The summed E-state index contributed by atoms with van der Waals surface area (Å²) in [7, 11) is 1.64. The van der Waals surface area contributed by atoms with Crippen LogP contribution in [0.4, 0.5) is 0 Å². The first-order valence-electron chi connectivity index (χ1n) is 9.76. The first-order chi connectivity index (χ1) is 15.6. The predicted molar refractivity (Wildman–Crippen MR) is 126 cm³/mol. The summed E-state index contributed by atoms with van der Waals surface area (Å²) < 4.78 is 7.50. The van der Waals surface area contributed by atoms with Crippen LogP contribution in [0, 0.1) is 6.92 Å². The van der Waals surface area contributed by atoms with Crippen molar-refractivity contribution < 1.29 is 4.74 Å². The lowest BCUT2D eigenvalue weighted by Gasteiger charge is -2.05. The van der Waals surface area contributed by atoms with Crippen LogP contribution in [0.25, 0.3) is 26.3 Å². The number of thiophene rings is 1. The lowest BCUT2D eigenvalue weighted by molar-refractivity contribution is 0.415. The molecule has 0 aliphatic heterocycles. The maximum absolute atomic E-state index is 12.7. The lowest BCUT2D eigenvalue weighted by Crippen LogP contribution is -2.09. The number of thioether (sulfide) groups is 1. The number of hydrogen-bond donors (Lipinski definition) is 1. The highest BCUT2D eigenvalue weighted by molar-refractivity contribution is 7.98. The zero-order valence-electron chi connectivity index (χ0n) is 17.3. The number of ether oxygens (including phenoxy) is 1. The van der Waals surface area contributed by atoms with E-state index in [4.69, 9.17) is 4.74 Å². The second-order valence-electron chi connectivity index (χ2n) is 7.07. The van der Waals surface area contributed by atoms with Crippen LogP contribution >= 0.6 is 23.1 Å². The van der Waals surface area contributed by atoms with Crippen molar-refractivity contribution in [3.05, 3.63) is 76.3 Å². The SMILES string of the molecule is COc1ccc(-c2cc3nc(CSc4nnnn4-c4cccc(C)c4)[nH]c(=O)c3s2)cc1. The Balaban J connectivity index is 1.40. The third-order valence-corrected chi connectivity index (χ3v) is 6.93. The van der Waals surface area contributed by atoms with Crippen molar-refractivity contribution in [3.63, 3.8) is 0 Å². The molecule has 0 bridgehead atoms. The largest absolute Gasteiger partial charge is 0.497 e. The van der Waals surface area contributed by atoms with Crippen LogP contribution in [0.2, 0.25) is 0 Å². The number of nitrogens with zero attached hydrogens (tertiary/aromatic N) is 5. The molecule has 1 N–H and O–H groups in total. The minimum absolute atomic E-state index is 0.145. The Morgan fingerprint density at radius 3 is 2.78 bits per heavy atom. The molecule has 0 atom stereocenters. The van der Waals surface area contributed by atoms with Crippen LogP contribution in [0.5, 0.6) is 5.75 Å². The number of hydrogen-bond acceptors (Lipinski definition) is 8. The molecular formula is C22H18N6O2S2. The quantitative estimate of drug-likeness (QED) is 0.377. The number of fused-ring (bicyclic) bond motifs is 1. The fraction of sp³-hybridized carbons (Fsp3) is 0.136. The van der Waals surface area contributed by atoms with E-state index in [9.17, 15) is 4.79 Å². The van der Waals surface area contributed by atoms with Crippen LogP contribution in [0.15, 0.2) is 64.5 Å². The van der Waals surface area contributed by atoms with E-state index in [1.165, 1.54) is 23.1 Å². The van der Waals surface area contributed by atoms with Gasteiger partial charge in [0, 0.05) is 4.88 Å². The van der Waals surface area contributed by atoms with Gasteiger partial charge in [-0.05, 0) is 70.9 Å². The molecule has 2 aromatic carbocycles. The standard InChI is InChI=1S/C22H18N6O2S2/c1-13-4-3-5-15(10-13)28-22(25-26-27-28)31-12-19-23-17-11-18(32-20(17)21(29)24-19)14-6-8-16(30-2)9-7-14/h3-11H,12H2,1-2H3,(H,23,24,29). The van der Waals surface area contributed by atoms with Gasteiger partial charge in [-0.15, -0.1) is 16.4 Å².